The predicted octanol–water partition coefficient (Wildman–Crippen LogP) is 3.14. The fourth-order valence-electron chi connectivity index (χ4n) is 4.27. The van der Waals surface area contributed by atoms with Gasteiger partial charge < -0.3 is 19.9 Å². The van der Waals surface area contributed by atoms with Crippen LogP contribution < -0.4 is 15.6 Å². The molecule has 0 radical (unpaired) electrons. The summed E-state index contributed by atoms with van der Waals surface area (Å²) >= 11 is 0. The van der Waals surface area contributed by atoms with Gasteiger partial charge in [0.1, 0.15) is 17.1 Å². The average Bonchev–Trinajstić information content (AvgIpc) is 3.47. The number of nitrogens with one attached hydrogen (secondary N) is 1. The standard InChI is InChI=1S/C21H25F2N3O3/c1-11(2)7-12-9-25(6-5-24-12)19-16(22)8-14-18(17(19)23)26(13-3-4-13)10-15(20(14)27)21(28)29/h8,10-13,24H,3-7,9H2,1-2H3,(H,28,29). The third kappa shape index (κ3) is 3.61. The molecule has 29 heavy (non-hydrogen) atoms. The maximum absolute atomic E-state index is 15.7. The van der Waals surface area contributed by atoms with Crippen LogP contribution in [0, 0.1) is 17.6 Å². The van der Waals surface area contributed by atoms with E-state index in [1.165, 1.54) is 10.8 Å². The number of nitrogens with zero attached hydrogens (tertiary/aromatic N) is 2. The molecule has 4 rings (SSSR count). The molecule has 2 heterocycles. The van der Waals surface area contributed by atoms with Gasteiger partial charge >= 0.3 is 5.97 Å². The molecule has 1 saturated heterocycles. The van der Waals surface area contributed by atoms with Gasteiger partial charge in [0.25, 0.3) is 0 Å². The Balaban J connectivity index is 1.86. The fraction of sp³-hybridized carbons (Fsp3) is 0.524. The monoisotopic (exact) mass is 405 g/mol. The Morgan fingerprint density at radius 1 is 1.34 bits per heavy atom. The molecule has 0 bridgehead atoms. The van der Waals surface area contributed by atoms with Gasteiger partial charge in [-0.15, -0.1) is 0 Å². The fourth-order valence-corrected chi connectivity index (χ4v) is 4.27. The number of pyridine rings is 1. The highest BCUT2D eigenvalue weighted by Crippen LogP contribution is 2.39. The van der Waals surface area contributed by atoms with Crippen molar-refractivity contribution in [3.63, 3.8) is 0 Å². The molecule has 1 aromatic carbocycles. The first kappa shape index (κ1) is 19.8. The van der Waals surface area contributed by atoms with Crippen molar-refractivity contribution >= 4 is 22.6 Å². The molecule has 1 aromatic heterocycles. The van der Waals surface area contributed by atoms with Crippen LogP contribution in [0.1, 0.15) is 49.5 Å². The molecule has 8 heteroatoms. The third-order valence-electron chi connectivity index (χ3n) is 5.68. The zero-order valence-corrected chi connectivity index (χ0v) is 16.5. The Kier molecular flexibility index (Phi) is 5.06. The van der Waals surface area contributed by atoms with Gasteiger partial charge in [-0.25, -0.2) is 13.6 Å². The lowest BCUT2D eigenvalue weighted by Crippen LogP contribution is -2.51. The number of carboxylic acid groups (broad SMARTS) is 1. The molecule has 1 aliphatic carbocycles. The van der Waals surface area contributed by atoms with Gasteiger partial charge in [-0.2, -0.15) is 0 Å². The molecule has 1 atom stereocenters. The van der Waals surface area contributed by atoms with Crippen LogP contribution >= 0.6 is 0 Å². The van der Waals surface area contributed by atoms with Crippen molar-refractivity contribution in [2.24, 2.45) is 5.92 Å². The van der Waals surface area contributed by atoms with Crippen LogP contribution in [0.2, 0.25) is 0 Å². The molecule has 1 aliphatic heterocycles. The van der Waals surface area contributed by atoms with Crippen LogP contribution in [0.3, 0.4) is 0 Å². The maximum Gasteiger partial charge on any atom is 0.341 e. The average molecular weight is 405 g/mol. The molecule has 2 fully saturated rings. The van der Waals surface area contributed by atoms with Crippen LogP contribution in [0.4, 0.5) is 14.5 Å². The first-order valence-corrected chi connectivity index (χ1v) is 10.1. The van der Waals surface area contributed by atoms with E-state index >= 15 is 8.78 Å². The number of benzene rings is 1. The highest BCUT2D eigenvalue weighted by Gasteiger charge is 2.32. The molecule has 0 amide bonds. The predicted molar refractivity (Wildman–Crippen MR) is 107 cm³/mol. The van der Waals surface area contributed by atoms with Crippen molar-refractivity contribution in [3.8, 4) is 0 Å². The Bertz CT molecular complexity index is 1030. The normalized spacial score (nSPS) is 19.9. The van der Waals surface area contributed by atoms with Crippen LogP contribution in [-0.2, 0) is 0 Å². The molecule has 1 saturated carbocycles. The maximum atomic E-state index is 15.7. The van der Waals surface area contributed by atoms with Crippen molar-refractivity contribution in [1.82, 2.24) is 9.88 Å². The lowest BCUT2D eigenvalue weighted by atomic mass is 10.0. The van der Waals surface area contributed by atoms with Crippen LogP contribution in [0.5, 0.6) is 0 Å². The number of aromatic carboxylic acids is 1. The Labute approximate surface area is 167 Å². The molecule has 6 nitrogen and oxygen atoms in total. The summed E-state index contributed by atoms with van der Waals surface area (Å²) in [6.07, 6.45) is 3.64. The lowest BCUT2D eigenvalue weighted by Gasteiger charge is -2.36. The van der Waals surface area contributed by atoms with E-state index in [1.807, 2.05) is 0 Å². The molecule has 1 unspecified atom stereocenters. The van der Waals surface area contributed by atoms with Crippen molar-refractivity contribution in [3.05, 3.63) is 39.7 Å². The van der Waals surface area contributed by atoms with Gasteiger partial charge in [-0.1, -0.05) is 13.8 Å². The molecule has 2 aliphatic rings. The van der Waals surface area contributed by atoms with E-state index in [-0.39, 0.29) is 28.7 Å². The smallest absolute Gasteiger partial charge is 0.341 e. The second-order valence-electron chi connectivity index (χ2n) is 8.46. The summed E-state index contributed by atoms with van der Waals surface area (Å²) < 4.78 is 32.2. The number of anilines is 1. The summed E-state index contributed by atoms with van der Waals surface area (Å²) in [5.41, 5.74) is -1.45. The van der Waals surface area contributed by atoms with Gasteiger partial charge in [0.15, 0.2) is 5.82 Å². The first-order chi connectivity index (χ1) is 13.8. The van der Waals surface area contributed by atoms with Crippen LogP contribution in [-0.4, -0.2) is 41.3 Å². The third-order valence-corrected chi connectivity index (χ3v) is 5.68. The van der Waals surface area contributed by atoms with Gasteiger partial charge in [0, 0.05) is 37.9 Å². The summed E-state index contributed by atoms with van der Waals surface area (Å²) in [4.78, 5) is 25.7. The van der Waals surface area contributed by atoms with E-state index in [0.717, 1.165) is 25.3 Å². The molecular weight excluding hydrogens is 380 g/mol. The minimum absolute atomic E-state index is 0.00200. The summed E-state index contributed by atoms with van der Waals surface area (Å²) in [6.45, 7) is 5.74. The molecule has 156 valence electrons. The number of fused-ring (bicyclic) bond motifs is 1. The topological polar surface area (TPSA) is 74.6 Å². The number of piperazine rings is 1. The second-order valence-corrected chi connectivity index (χ2v) is 8.46. The van der Waals surface area contributed by atoms with Gasteiger partial charge in [0.2, 0.25) is 5.43 Å². The van der Waals surface area contributed by atoms with Crippen molar-refractivity contribution in [2.75, 3.05) is 24.5 Å². The number of rotatable bonds is 5. The van der Waals surface area contributed by atoms with Gasteiger partial charge in [-0.05, 0) is 31.2 Å². The number of aromatic nitrogens is 1. The van der Waals surface area contributed by atoms with E-state index in [9.17, 15) is 14.7 Å². The number of hydrogen-bond acceptors (Lipinski definition) is 4. The zero-order chi connectivity index (χ0) is 20.9. The second kappa shape index (κ2) is 7.40. The molecule has 0 spiro atoms. The SMILES string of the molecule is CC(C)CC1CN(c2c(F)cc3c(=O)c(C(=O)O)cn(C4CC4)c3c2F)CCN1. The number of halogens is 2. The largest absolute Gasteiger partial charge is 0.477 e. The van der Waals surface area contributed by atoms with E-state index in [1.54, 1.807) is 4.90 Å². The number of carboxylic acids is 1. The lowest BCUT2D eigenvalue weighted by molar-refractivity contribution is 0.0694. The molecule has 2 aromatic rings. The van der Waals surface area contributed by atoms with E-state index < -0.39 is 28.6 Å². The minimum atomic E-state index is -1.39. The minimum Gasteiger partial charge on any atom is -0.477 e. The Morgan fingerprint density at radius 2 is 2.07 bits per heavy atom. The summed E-state index contributed by atoms with van der Waals surface area (Å²) in [6, 6.07) is 1.06. The van der Waals surface area contributed by atoms with E-state index in [4.69, 9.17) is 0 Å². The molecular formula is C21H25F2N3O3. The van der Waals surface area contributed by atoms with Crippen molar-refractivity contribution in [1.29, 1.82) is 0 Å². The van der Waals surface area contributed by atoms with Crippen molar-refractivity contribution < 1.29 is 18.7 Å². The summed E-state index contributed by atoms with van der Waals surface area (Å²) in [5.74, 6) is -2.56. The Morgan fingerprint density at radius 3 is 2.69 bits per heavy atom. The number of hydrogen-bond donors (Lipinski definition) is 2. The van der Waals surface area contributed by atoms with Crippen LogP contribution in [0.15, 0.2) is 17.1 Å². The Hall–Kier alpha value is -2.48. The molecule has 2 N–H and O–H groups in total. The summed E-state index contributed by atoms with van der Waals surface area (Å²) in [7, 11) is 0. The highest BCUT2D eigenvalue weighted by atomic mass is 19.1. The van der Waals surface area contributed by atoms with E-state index in [2.05, 4.69) is 19.2 Å². The zero-order valence-electron chi connectivity index (χ0n) is 16.5. The van der Waals surface area contributed by atoms with Gasteiger partial charge in [0.05, 0.1) is 10.9 Å². The summed E-state index contributed by atoms with van der Waals surface area (Å²) in [5, 5.41) is 12.5. The van der Waals surface area contributed by atoms with Crippen LogP contribution in [0.25, 0.3) is 10.9 Å². The quantitative estimate of drug-likeness (QED) is 0.800. The van der Waals surface area contributed by atoms with Crippen molar-refractivity contribution in [2.45, 2.75) is 45.2 Å². The first-order valence-electron chi connectivity index (χ1n) is 10.1. The van der Waals surface area contributed by atoms with Gasteiger partial charge in [-0.3, -0.25) is 4.79 Å². The number of carbonyl (C=O) groups is 1. The van der Waals surface area contributed by atoms with E-state index in [0.29, 0.717) is 25.6 Å². The highest BCUT2D eigenvalue weighted by molar-refractivity contribution is 5.94.